The molecule has 1 aromatic rings. The number of hydrogen-bond acceptors (Lipinski definition) is 5. The Morgan fingerprint density at radius 1 is 1.71 bits per heavy atom. The molecule has 1 aromatic heterocycles. The minimum Gasteiger partial charge on any atom is -0.481 e. The van der Waals surface area contributed by atoms with Crippen molar-refractivity contribution < 1.29 is 14.8 Å². The van der Waals surface area contributed by atoms with Gasteiger partial charge in [-0.1, -0.05) is 0 Å². The minimum absolute atomic E-state index is 0.0729. The first-order valence-electron chi connectivity index (χ1n) is 4.89. The molecule has 2 N–H and O–H groups in total. The van der Waals surface area contributed by atoms with Crippen LogP contribution < -0.4 is 5.32 Å². The predicted octanol–water partition coefficient (Wildman–Crippen LogP) is 0.993. The van der Waals surface area contributed by atoms with Gasteiger partial charge < -0.3 is 10.4 Å². The van der Waals surface area contributed by atoms with Crippen LogP contribution in [0.5, 0.6) is 0 Å². The van der Waals surface area contributed by atoms with Crippen LogP contribution in [0, 0.1) is 10.1 Å². The summed E-state index contributed by atoms with van der Waals surface area (Å²) in [6.45, 7) is 3.28. The van der Waals surface area contributed by atoms with Gasteiger partial charge in [-0.25, -0.2) is 0 Å². The number of carbonyl (C=O) groups is 1. The summed E-state index contributed by atoms with van der Waals surface area (Å²) in [5, 5.41) is 26.1. The van der Waals surface area contributed by atoms with Crippen molar-refractivity contribution in [3.63, 3.8) is 0 Å². The van der Waals surface area contributed by atoms with Gasteiger partial charge in [0.05, 0.1) is 11.3 Å². The maximum Gasteiger partial charge on any atom is 0.330 e. The highest BCUT2D eigenvalue weighted by Gasteiger charge is 2.27. The van der Waals surface area contributed by atoms with Crippen LogP contribution in [0.15, 0.2) is 6.20 Å². The van der Waals surface area contributed by atoms with Gasteiger partial charge in [-0.3, -0.25) is 19.6 Å². The monoisotopic (exact) mass is 242 g/mol. The van der Waals surface area contributed by atoms with E-state index in [1.165, 1.54) is 10.9 Å². The van der Waals surface area contributed by atoms with E-state index in [-0.39, 0.29) is 17.9 Å². The zero-order valence-corrected chi connectivity index (χ0v) is 9.80. The smallest absolute Gasteiger partial charge is 0.330 e. The molecule has 0 aliphatic heterocycles. The third-order valence-corrected chi connectivity index (χ3v) is 2.06. The topological polar surface area (TPSA) is 110 Å². The van der Waals surface area contributed by atoms with Gasteiger partial charge in [0.25, 0.3) is 0 Å². The quantitative estimate of drug-likeness (QED) is 0.588. The summed E-state index contributed by atoms with van der Waals surface area (Å²) in [6, 6.07) is 0. The summed E-state index contributed by atoms with van der Waals surface area (Å²) in [4.78, 5) is 20.8. The Bertz CT molecular complexity index is 452. The number of aliphatic carboxylic acids is 1. The van der Waals surface area contributed by atoms with E-state index in [1.807, 2.05) is 0 Å². The molecular formula is C9H14N4O4. The largest absolute Gasteiger partial charge is 0.481 e. The average Bonchev–Trinajstić information content (AvgIpc) is 2.42. The first-order valence-corrected chi connectivity index (χ1v) is 4.89. The van der Waals surface area contributed by atoms with Gasteiger partial charge in [0, 0.05) is 12.6 Å². The van der Waals surface area contributed by atoms with Gasteiger partial charge in [0.1, 0.15) is 6.20 Å². The molecular weight excluding hydrogens is 228 g/mol. The molecule has 0 aliphatic carbocycles. The number of nitro groups is 1. The second-order valence-corrected chi connectivity index (χ2v) is 4.37. The molecule has 0 atom stereocenters. The van der Waals surface area contributed by atoms with Gasteiger partial charge in [0.2, 0.25) is 5.82 Å². The molecule has 0 unspecified atom stereocenters. The molecule has 0 saturated heterocycles. The van der Waals surface area contributed by atoms with Gasteiger partial charge in [0.15, 0.2) is 0 Å². The van der Waals surface area contributed by atoms with Crippen LogP contribution in [-0.4, -0.2) is 31.3 Å². The molecule has 1 rings (SSSR count). The molecule has 0 radical (unpaired) electrons. The molecule has 0 spiro atoms. The van der Waals surface area contributed by atoms with Crippen molar-refractivity contribution in [2.75, 3.05) is 5.32 Å². The molecule has 94 valence electrons. The second kappa shape index (κ2) is 4.40. The van der Waals surface area contributed by atoms with Crippen molar-refractivity contribution in [1.82, 2.24) is 9.78 Å². The molecule has 0 aromatic carbocycles. The molecule has 0 fully saturated rings. The Morgan fingerprint density at radius 3 is 2.76 bits per heavy atom. The molecule has 8 nitrogen and oxygen atoms in total. The summed E-state index contributed by atoms with van der Waals surface area (Å²) in [6.07, 6.45) is 1.10. The molecule has 0 amide bonds. The lowest BCUT2D eigenvalue weighted by Gasteiger charge is -2.23. The van der Waals surface area contributed by atoms with Crippen LogP contribution in [0.3, 0.4) is 0 Å². The fourth-order valence-corrected chi connectivity index (χ4v) is 1.44. The van der Waals surface area contributed by atoms with Gasteiger partial charge in [-0.05, 0) is 13.8 Å². The first-order chi connectivity index (χ1) is 7.71. The highest BCUT2D eigenvalue weighted by atomic mass is 16.6. The second-order valence-electron chi connectivity index (χ2n) is 4.37. The number of hydrogen-bond donors (Lipinski definition) is 2. The number of carboxylic acids is 1. The number of aromatic nitrogens is 2. The van der Waals surface area contributed by atoms with Crippen LogP contribution in [0.25, 0.3) is 0 Å². The van der Waals surface area contributed by atoms with Gasteiger partial charge in [-0.2, -0.15) is 0 Å². The summed E-state index contributed by atoms with van der Waals surface area (Å²) in [7, 11) is 1.56. The Hall–Kier alpha value is -2.12. The fraction of sp³-hybridized carbons (Fsp3) is 0.556. The Kier molecular flexibility index (Phi) is 3.35. The first kappa shape index (κ1) is 12.9. The number of carboxylic acid groups (broad SMARTS) is 1. The summed E-state index contributed by atoms with van der Waals surface area (Å²) in [5.74, 6) is -0.912. The lowest BCUT2D eigenvalue weighted by atomic mass is 10.0. The van der Waals surface area contributed by atoms with Crippen molar-refractivity contribution in [3.05, 3.63) is 16.3 Å². The molecule has 17 heavy (non-hydrogen) atoms. The van der Waals surface area contributed by atoms with Crippen molar-refractivity contribution in [2.45, 2.75) is 25.8 Å². The van der Waals surface area contributed by atoms with Crippen molar-refractivity contribution in [1.29, 1.82) is 0 Å². The SMILES string of the molecule is Cn1cc([N+](=O)[O-])c(NC(C)(C)CC(=O)O)n1. The van der Waals surface area contributed by atoms with Crippen LogP contribution in [0.4, 0.5) is 11.5 Å². The molecule has 1 heterocycles. The van der Waals surface area contributed by atoms with E-state index < -0.39 is 16.4 Å². The van der Waals surface area contributed by atoms with Crippen LogP contribution >= 0.6 is 0 Å². The third kappa shape index (κ3) is 3.44. The van der Waals surface area contributed by atoms with E-state index in [0.29, 0.717) is 0 Å². The van der Waals surface area contributed by atoms with Crippen LogP contribution in [0.2, 0.25) is 0 Å². The highest BCUT2D eigenvalue weighted by molar-refractivity contribution is 5.69. The maximum absolute atomic E-state index is 10.7. The maximum atomic E-state index is 10.7. The van der Waals surface area contributed by atoms with E-state index in [9.17, 15) is 14.9 Å². The minimum atomic E-state index is -0.985. The Labute approximate surface area is 97.4 Å². The molecule has 8 heteroatoms. The van der Waals surface area contributed by atoms with Crippen LogP contribution in [0.1, 0.15) is 20.3 Å². The van der Waals surface area contributed by atoms with Gasteiger partial charge in [-0.15, -0.1) is 5.10 Å². The van der Waals surface area contributed by atoms with E-state index >= 15 is 0 Å². The van der Waals surface area contributed by atoms with E-state index in [1.54, 1.807) is 20.9 Å². The van der Waals surface area contributed by atoms with Crippen molar-refractivity contribution in [3.8, 4) is 0 Å². The zero-order valence-electron chi connectivity index (χ0n) is 9.80. The number of nitrogens with zero attached hydrogens (tertiary/aromatic N) is 3. The van der Waals surface area contributed by atoms with E-state index in [0.717, 1.165) is 0 Å². The lowest BCUT2D eigenvalue weighted by molar-refractivity contribution is -0.384. The number of rotatable bonds is 5. The Balaban J connectivity index is 2.94. The predicted molar refractivity (Wildman–Crippen MR) is 59.8 cm³/mol. The Morgan fingerprint density at radius 2 is 2.29 bits per heavy atom. The molecule has 0 saturated carbocycles. The van der Waals surface area contributed by atoms with E-state index in [4.69, 9.17) is 5.11 Å². The third-order valence-electron chi connectivity index (χ3n) is 2.06. The average molecular weight is 242 g/mol. The van der Waals surface area contributed by atoms with E-state index in [2.05, 4.69) is 10.4 Å². The molecule has 0 aliphatic rings. The zero-order chi connectivity index (χ0) is 13.2. The number of aryl methyl sites for hydroxylation is 1. The number of anilines is 1. The normalized spacial score (nSPS) is 11.2. The lowest BCUT2D eigenvalue weighted by Crippen LogP contribution is -2.34. The van der Waals surface area contributed by atoms with Crippen molar-refractivity contribution in [2.24, 2.45) is 7.05 Å². The van der Waals surface area contributed by atoms with Crippen LogP contribution in [-0.2, 0) is 11.8 Å². The van der Waals surface area contributed by atoms with Crippen molar-refractivity contribution >= 4 is 17.5 Å². The summed E-state index contributed by atoms with van der Waals surface area (Å²) in [5.41, 5.74) is -0.990. The standard InChI is InChI=1S/C9H14N4O4/c1-9(2,4-7(14)15)10-8-6(13(16)17)5-12(3)11-8/h5H,4H2,1-3H3,(H,10,11)(H,14,15). The summed E-state index contributed by atoms with van der Waals surface area (Å²) >= 11 is 0. The molecule has 0 bridgehead atoms. The summed E-state index contributed by atoms with van der Waals surface area (Å²) < 4.78 is 1.30. The number of nitrogens with one attached hydrogen (secondary N) is 1. The fourth-order valence-electron chi connectivity index (χ4n) is 1.44. The van der Waals surface area contributed by atoms with Gasteiger partial charge >= 0.3 is 11.7 Å². The highest BCUT2D eigenvalue weighted by Crippen LogP contribution is 2.26.